The Morgan fingerprint density at radius 3 is 1.92 bits per heavy atom. The van der Waals surface area contributed by atoms with Gasteiger partial charge in [-0.3, -0.25) is 4.79 Å². The standard InChI is InChI=1S/C22H39NO/c1-2-3-4-5-6-7-8-9-10-11-12-13-14-15-16-19-22(24)23-20-17-18-21-23/h14-16,19H,2-13,17-18,20-21H2,1H3/b15-14+,19-16+. The summed E-state index contributed by atoms with van der Waals surface area (Å²) in [4.78, 5) is 13.7. The van der Waals surface area contributed by atoms with E-state index in [-0.39, 0.29) is 5.91 Å². The van der Waals surface area contributed by atoms with Crippen molar-refractivity contribution in [1.29, 1.82) is 0 Å². The average Bonchev–Trinajstić information content (AvgIpc) is 3.13. The van der Waals surface area contributed by atoms with Crippen LogP contribution < -0.4 is 0 Å². The van der Waals surface area contributed by atoms with Gasteiger partial charge in [-0.15, -0.1) is 0 Å². The molecule has 1 fully saturated rings. The van der Waals surface area contributed by atoms with Crippen LogP contribution in [0, 0.1) is 0 Å². The lowest BCUT2D eigenvalue weighted by Crippen LogP contribution is -2.25. The maximum Gasteiger partial charge on any atom is 0.246 e. The number of nitrogens with zero attached hydrogens (tertiary/aromatic N) is 1. The fourth-order valence-electron chi connectivity index (χ4n) is 3.28. The maximum atomic E-state index is 11.8. The highest BCUT2D eigenvalue weighted by atomic mass is 16.2. The minimum absolute atomic E-state index is 0.173. The van der Waals surface area contributed by atoms with Gasteiger partial charge in [0.05, 0.1) is 0 Å². The van der Waals surface area contributed by atoms with Gasteiger partial charge >= 0.3 is 0 Å². The molecule has 1 aliphatic heterocycles. The van der Waals surface area contributed by atoms with E-state index in [4.69, 9.17) is 0 Å². The summed E-state index contributed by atoms with van der Waals surface area (Å²) in [5.41, 5.74) is 0. The molecule has 0 radical (unpaired) electrons. The third-order valence-electron chi connectivity index (χ3n) is 4.88. The lowest BCUT2D eigenvalue weighted by atomic mass is 10.1. The van der Waals surface area contributed by atoms with E-state index in [0.29, 0.717) is 0 Å². The van der Waals surface area contributed by atoms with Crippen molar-refractivity contribution in [2.24, 2.45) is 0 Å². The van der Waals surface area contributed by atoms with E-state index >= 15 is 0 Å². The number of likely N-dealkylation sites (tertiary alicyclic amines) is 1. The number of allylic oxidation sites excluding steroid dienone is 3. The smallest absolute Gasteiger partial charge is 0.246 e. The predicted octanol–water partition coefficient (Wildman–Crippen LogP) is 6.42. The fourth-order valence-corrected chi connectivity index (χ4v) is 3.28. The molecule has 2 nitrogen and oxygen atoms in total. The van der Waals surface area contributed by atoms with Crippen molar-refractivity contribution in [3.63, 3.8) is 0 Å². The highest BCUT2D eigenvalue weighted by Crippen LogP contribution is 2.12. The number of unbranched alkanes of at least 4 members (excludes halogenated alkanes) is 11. The molecule has 1 heterocycles. The summed E-state index contributed by atoms with van der Waals surface area (Å²) >= 11 is 0. The molecule has 0 aromatic carbocycles. The van der Waals surface area contributed by atoms with E-state index in [1.54, 1.807) is 6.08 Å². The Morgan fingerprint density at radius 1 is 0.792 bits per heavy atom. The molecule has 1 aliphatic rings. The average molecular weight is 334 g/mol. The molecule has 138 valence electrons. The first kappa shape index (κ1) is 21.0. The second-order valence-corrected chi connectivity index (χ2v) is 7.14. The Labute approximate surface area is 150 Å². The van der Waals surface area contributed by atoms with Crippen LogP contribution in [0.3, 0.4) is 0 Å². The first-order chi connectivity index (χ1) is 11.8. The van der Waals surface area contributed by atoms with Crippen LogP contribution >= 0.6 is 0 Å². The van der Waals surface area contributed by atoms with Crippen LogP contribution in [0.4, 0.5) is 0 Å². The summed E-state index contributed by atoms with van der Waals surface area (Å²) in [6.07, 6.45) is 26.6. The zero-order valence-corrected chi connectivity index (χ0v) is 16.0. The van der Waals surface area contributed by atoms with Crippen molar-refractivity contribution in [2.75, 3.05) is 13.1 Å². The number of amides is 1. The largest absolute Gasteiger partial charge is 0.339 e. The van der Waals surface area contributed by atoms with Gasteiger partial charge in [0.25, 0.3) is 0 Å². The van der Waals surface area contributed by atoms with Crippen molar-refractivity contribution in [2.45, 2.75) is 96.8 Å². The molecular weight excluding hydrogens is 294 g/mol. The van der Waals surface area contributed by atoms with Gasteiger partial charge in [-0.05, 0) is 25.7 Å². The highest BCUT2D eigenvalue weighted by Gasteiger charge is 2.14. The number of carbonyl (C=O) groups excluding carboxylic acids is 1. The SMILES string of the molecule is CCCCCCCCCCCCC/C=C/C=C/C(=O)N1CCCC1. The predicted molar refractivity (Wildman–Crippen MR) is 105 cm³/mol. The maximum absolute atomic E-state index is 11.8. The van der Waals surface area contributed by atoms with E-state index in [1.165, 1.54) is 70.6 Å². The van der Waals surface area contributed by atoms with Crippen molar-refractivity contribution in [1.82, 2.24) is 4.90 Å². The van der Waals surface area contributed by atoms with Gasteiger partial charge in [0.15, 0.2) is 0 Å². The zero-order valence-electron chi connectivity index (χ0n) is 16.0. The Kier molecular flexibility index (Phi) is 13.5. The van der Waals surface area contributed by atoms with Crippen molar-refractivity contribution in [3.05, 3.63) is 24.3 Å². The molecule has 0 spiro atoms. The zero-order chi connectivity index (χ0) is 17.3. The Balaban J connectivity index is 1.83. The van der Waals surface area contributed by atoms with Gasteiger partial charge in [0.2, 0.25) is 5.91 Å². The third kappa shape index (κ3) is 11.5. The fraction of sp³-hybridized carbons (Fsp3) is 0.773. The van der Waals surface area contributed by atoms with Gasteiger partial charge in [-0.2, -0.15) is 0 Å². The summed E-state index contributed by atoms with van der Waals surface area (Å²) in [5.74, 6) is 0.173. The van der Waals surface area contributed by atoms with Crippen LogP contribution in [0.25, 0.3) is 0 Å². The van der Waals surface area contributed by atoms with Crippen LogP contribution in [-0.4, -0.2) is 23.9 Å². The Hall–Kier alpha value is -1.05. The monoisotopic (exact) mass is 333 g/mol. The molecule has 0 bridgehead atoms. The summed E-state index contributed by atoms with van der Waals surface area (Å²) < 4.78 is 0. The van der Waals surface area contributed by atoms with Crippen LogP contribution in [0.1, 0.15) is 96.8 Å². The second-order valence-electron chi connectivity index (χ2n) is 7.14. The molecule has 0 saturated carbocycles. The van der Waals surface area contributed by atoms with Crippen LogP contribution in [0.2, 0.25) is 0 Å². The summed E-state index contributed by atoms with van der Waals surface area (Å²) in [7, 11) is 0. The normalized spacial score (nSPS) is 15.1. The molecule has 0 aromatic rings. The molecule has 1 amide bonds. The van der Waals surface area contributed by atoms with Crippen LogP contribution in [0.5, 0.6) is 0 Å². The minimum atomic E-state index is 0.173. The molecule has 0 N–H and O–H groups in total. The van der Waals surface area contributed by atoms with Crippen molar-refractivity contribution in [3.8, 4) is 0 Å². The number of hydrogen-bond acceptors (Lipinski definition) is 1. The number of rotatable bonds is 14. The van der Waals surface area contributed by atoms with E-state index in [2.05, 4.69) is 13.0 Å². The molecule has 0 aliphatic carbocycles. The molecule has 0 unspecified atom stereocenters. The second kappa shape index (κ2) is 15.5. The van der Waals surface area contributed by atoms with E-state index in [1.807, 2.05) is 17.1 Å². The molecule has 1 saturated heterocycles. The molecule has 0 atom stereocenters. The molecular formula is C22H39NO. The van der Waals surface area contributed by atoms with E-state index in [9.17, 15) is 4.79 Å². The first-order valence-corrected chi connectivity index (χ1v) is 10.5. The summed E-state index contributed by atoms with van der Waals surface area (Å²) in [6.45, 7) is 4.15. The van der Waals surface area contributed by atoms with Crippen molar-refractivity contribution >= 4 is 5.91 Å². The lowest BCUT2D eigenvalue weighted by molar-refractivity contribution is -0.124. The number of hydrogen-bond donors (Lipinski definition) is 0. The highest BCUT2D eigenvalue weighted by molar-refractivity contribution is 5.88. The van der Waals surface area contributed by atoms with Gasteiger partial charge in [-0.25, -0.2) is 0 Å². The van der Waals surface area contributed by atoms with Gasteiger partial charge < -0.3 is 4.90 Å². The lowest BCUT2D eigenvalue weighted by Gasteiger charge is -2.11. The van der Waals surface area contributed by atoms with E-state index in [0.717, 1.165) is 32.4 Å². The third-order valence-corrected chi connectivity index (χ3v) is 4.88. The summed E-state index contributed by atoms with van der Waals surface area (Å²) in [6, 6.07) is 0. The first-order valence-electron chi connectivity index (χ1n) is 10.5. The Bertz CT molecular complexity index is 353. The molecule has 24 heavy (non-hydrogen) atoms. The van der Waals surface area contributed by atoms with Gasteiger partial charge in [0, 0.05) is 19.2 Å². The van der Waals surface area contributed by atoms with Crippen molar-refractivity contribution < 1.29 is 4.79 Å². The quantitative estimate of drug-likeness (QED) is 0.204. The summed E-state index contributed by atoms with van der Waals surface area (Å²) in [5, 5.41) is 0. The Morgan fingerprint density at radius 2 is 1.33 bits per heavy atom. The molecule has 0 aromatic heterocycles. The topological polar surface area (TPSA) is 20.3 Å². The van der Waals surface area contributed by atoms with Gasteiger partial charge in [-0.1, -0.05) is 89.4 Å². The van der Waals surface area contributed by atoms with E-state index < -0.39 is 0 Å². The molecule has 1 rings (SSSR count). The van der Waals surface area contributed by atoms with Crippen LogP contribution in [-0.2, 0) is 4.79 Å². The molecule has 2 heteroatoms. The van der Waals surface area contributed by atoms with Crippen LogP contribution in [0.15, 0.2) is 24.3 Å². The minimum Gasteiger partial charge on any atom is -0.339 e. The van der Waals surface area contributed by atoms with Gasteiger partial charge in [0.1, 0.15) is 0 Å². The number of carbonyl (C=O) groups is 1.